The molecule has 1 atom stereocenters. The van der Waals surface area contributed by atoms with Gasteiger partial charge in [-0.25, -0.2) is 0 Å². The fourth-order valence-electron chi connectivity index (χ4n) is 2.80. The Labute approximate surface area is 173 Å². The molecule has 0 saturated carbocycles. The summed E-state index contributed by atoms with van der Waals surface area (Å²) in [6.45, 7) is 2.40. The molecule has 0 fully saturated rings. The molecule has 1 aromatic heterocycles. The molecule has 0 aliphatic carbocycles. The normalized spacial score (nSPS) is 16.1. The van der Waals surface area contributed by atoms with Crippen LogP contribution in [0.3, 0.4) is 0 Å². The summed E-state index contributed by atoms with van der Waals surface area (Å²) in [7, 11) is 1.69. The van der Waals surface area contributed by atoms with Crippen LogP contribution in [0.5, 0.6) is 0 Å². The second-order valence-corrected chi connectivity index (χ2v) is 8.33. The topological polar surface area (TPSA) is 75.6 Å². The first-order valence-corrected chi connectivity index (χ1v) is 10.1. The van der Waals surface area contributed by atoms with Crippen molar-refractivity contribution in [3.8, 4) is 0 Å². The third-order valence-electron chi connectivity index (χ3n) is 4.28. The van der Waals surface area contributed by atoms with Gasteiger partial charge in [-0.3, -0.25) is 9.59 Å². The average molecular weight is 421 g/mol. The number of benzene rings is 1. The van der Waals surface area contributed by atoms with Crippen LogP contribution in [0, 0.1) is 0 Å². The van der Waals surface area contributed by atoms with E-state index in [4.69, 9.17) is 16.3 Å². The Morgan fingerprint density at radius 1 is 1.29 bits per heavy atom. The lowest BCUT2D eigenvalue weighted by Gasteiger charge is -2.22. The molecule has 1 amide bonds. The highest BCUT2D eigenvalue weighted by Gasteiger charge is 2.25. The number of nitrogens with zero attached hydrogens (tertiary/aromatic N) is 4. The van der Waals surface area contributed by atoms with E-state index in [1.54, 1.807) is 40.7 Å². The molecular weight excluding hydrogens is 400 g/mol. The largest absolute Gasteiger partial charge is 0.454 e. The predicted octanol–water partition coefficient (Wildman–Crippen LogP) is 3.03. The first-order chi connectivity index (χ1) is 13.4. The van der Waals surface area contributed by atoms with Crippen LogP contribution < -0.4 is 9.80 Å². The first-order valence-electron chi connectivity index (χ1n) is 8.86. The Bertz CT molecular complexity index is 849. The number of carbonyl (C=O) groups excluding carboxylic acids is 2. The van der Waals surface area contributed by atoms with Gasteiger partial charge in [0.1, 0.15) is 6.54 Å². The number of para-hydroxylation sites is 1. The van der Waals surface area contributed by atoms with Gasteiger partial charge in [0.05, 0.1) is 5.69 Å². The number of hydrogen-bond donors (Lipinski definition) is 0. The van der Waals surface area contributed by atoms with E-state index < -0.39 is 5.97 Å². The Kier molecular flexibility index (Phi) is 6.74. The van der Waals surface area contributed by atoms with Gasteiger partial charge < -0.3 is 14.5 Å². The van der Waals surface area contributed by atoms with Crippen LogP contribution in [0.25, 0.3) is 0 Å². The van der Waals surface area contributed by atoms with Crippen LogP contribution in [-0.2, 0) is 14.3 Å². The van der Waals surface area contributed by atoms with Crippen molar-refractivity contribution in [2.45, 2.75) is 23.5 Å². The third kappa shape index (κ3) is 5.14. The van der Waals surface area contributed by atoms with Gasteiger partial charge in [0.15, 0.2) is 17.6 Å². The molecule has 7 nitrogen and oxygen atoms in total. The van der Waals surface area contributed by atoms with Crippen molar-refractivity contribution >= 4 is 46.7 Å². The molecule has 9 heteroatoms. The molecule has 0 spiro atoms. The van der Waals surface area contributed by atoms with Crippen molar-refractivity contribution < 1.29 is 14.3 Å². The molecule has 0 radical (unpaired) electrons. The summed E-state index contributed by atoms with van der Waals surface area (Å²) in [4.78, 5) is 29.2. The number of anilines is 2. The van der Waals surface area contributed by atoms with E-state index >= 15 is 0 Å². The SMILES string of the molecule is CC1CCN(C(=O)COC(=O)CN(C)c2ccc(Cl)nn2)c2ccccc2S1. The number of esters is 1. The number of thioether (sulfide) groups is 1. The molecule has 1 unspecified atom stereocenters. The van der Waals surface area contributed by atoms with Gasteiger partial charge in [0.25, 0.3) is 5.91 Å². The lowest BCUT2D eigenvalue weighted by atomic mass is 10.2. The number of amides is 1. The summed E-state index contributed by atoms with van der Waals surface area (Å²) < 4.78 is 5.20. The number of likely N-dealkylation sites (N-methyl/N-ethyl adjacent to an activating group) is 1. The second kappa shape index (κ2) is 9.25. The minimum absolute atomic E-state index is 0.0485. The van der Waals surface area contributed by atoms with Gasteiger partial charge >= 0.3 is 5.97 Å². The van der Waals surface area contributed by atoms with Crippen molar-refractivity contribution in [3.63, 3.8) is 0 Å². The molecule has 2 aromatic rings. The van der Waals surface area contributed by atoms with E-state index in [0.29, 0.717) is 17.6 Å². The molecule has 0 bridgehead atoms. The van der Waals surface area contributed by atoms with Gasteiger partial charge in [0.2, 0.25) is 0 Å². The Morgan fingerprint density at radius 3 is 2.82 bits per heavy atom. The zero-order chi connectivity index (χ0) is 20.1. The first kappa shape index (κ1) is 20.4. The summed E-state index contributed by atoms with van der Waals surface area (Å²) in [5, 5.41) is 8.33. The number of aromatic nitrogens is 2. The molecule has 0 N–H and O–H groups in total. The minimum Gasteiger partial charge on any atom is -0.454 e. The smallest absolute Gasteiger partial charge is 0.326 e. The van der Waals surface area contributed by atoms with E-state index in [1.807, 2.05) is 24.3 Å². The van der Waals surface area contributed by atoms with Gasteiger partial charge in [0, 0.05) is 23.7 Å². The van der Waals surface area contributed by atoms with Crippen molar-refractivity contribution in [1.82, 2.24) is 10.2 Å². The lowest BCUT2D eigenvalue weighted by molar-refractivity contribution is -0.146. The number of rotatable bonds is 5. The average Bonchev–Trinajstić information content (AvgIpc) is 2.84. The van der Waals surface area contributed by atoms with Crippen LogP contribution in [-0.4, -0.2) is 54.1 Å². The quantitative estimate of drug-likeness (QED) is 0.688. The summed E-state index contributed by atoms with van der Waals surface area (Å²) in [5.74, 6) is -0.261. The monoisotopic (exact) mass is 420 g/mol. The molecule has 2 heterocycles. The Balaban J connectivity index is 1.57. The van der Waals surface area contributed by atoms with Crippen molar-refractivity contribution in [1.29, 1.82) is 0 Å². The minimum atomic E-state index is -0.515. The number of fused-ring (bicyclic) bond motifs is 1. The van der Waals surface area contributed by atoms with Crippen molar-refractivity contribution in [3.05, 3.63) is 41.6 Å². The maximum absolute atomic E-state index is 12.7. The standard InChI is InChI=1S/C19H21ClN4O3S/c1-13-9-10-24(14-5-3-4-6-15(14)28-13)18(25)12-27-19(26)11-23(2)17-8-7-16(20)21-22-17/h3-8,13H,9-12H2,1-2H3. The molecule has 148 valence electrons. The highest BCUT2D eigenvalue weighted by molar-refractivity contribution is 8.00. The molecule has 0 saturated heterocycles. The third-order valence-corrected chi connectivity index (χ3v) is 5.72. The van der Waals surface area contributed by atoms with Crippen LogP contribution in [0.1, 0.15) is 13.3 Å². The van der Waals surface area contributed by atoms with E-state index in [-0.39, 0.29) is 24.2 Å². The predicted molar refractivity (Wildman–Crippen MR) is 110 cm³/mol. The molecular formula is C19H21ClN4O3S. The van der Waals surface area contributed by atoms with E-state index in [1.165, 1.54) is 0 Å². The van der Waals surface area contributed by atoms with Crippen molar-refractivity contribution in [2.24, 2.45) is 0 Å². The van der Waals surface area contributed by atoms with E-state index in [9.17, 15) is 9.59 Å². The Morgan fingerprint density at radius 2 is 2.07 bits per heavy atom. The van der Waals surface area contributed by atoms with Crippen LogP contribution in [0.15, 0.2) is 41.3 Å². The number of halogens is 1. The number of hydrogen-bond acceptors (Lipinski definition) is 7. The number of carbonyl (C=O) groups is 2. The van der Waals surface area contributed by atoms with Crippen LogP contribution in [0.4, 0.5) is 11.5 Å². The summed E-state index contributed by atoms with van der Waals surface area (Å²) >= 11 is 7.46. The highest BCUT2D eigenvalue weighted by Crippen LogP contribution is 2.37. The summed E-state index contributed by atoms with van der Waals surface area (Å²) in [6.07, 6.45) is 0.872. The highest BCUT2D eigenvalue weighted by atomic mass is 35.5. The molecule has 28 heavy (non-hydrogen) atoms. The number of ether oxygens (including phenoxy) is 1. The van der Waals surface area contributed by atoms with Gasteiger partial charge in [-0.15, -0.1) is 22.0 Å². The maximum Gasteiger partial charge on any atom is 0.326 e. The fourth-order valence-corrected chi connectivity index (χ4v) is 4.01. The van der Waals surface area contributed by atoms with Crippen LogP contribution >= 0.6 is 23.4 Å². The van der Waals surface area contributed by atoms with Gasteiger partial charge in [-0.1, -0.05) is 30.7 Å². The molecule has 3 rings (SSSR count). The fraction of sp³-hybridized carbons (Fsp3) is 0.368. The summed E-state index contributed by atoms with van der Waals surface area (Å²) in [5.41, 5.74) is 0.867. The van der Waals surface area contributed by atoms with Gasteiger partial charge in [-0.05, 0) is 30.7 Å². The lowest BCUT2D eigenvalue weighted by Crippen LogP contribution is -2.37. The molecule has 1 aromatic carbocycles. The van der Waals surface area contributed by atoms with Crippen molar-refractivity contribution in [2.75, 3.05) is 36.5 Å². The zero-order valence-corrected chi connectivity index (χ0v) is 17.2. The van der Waals surface area contributed by atoms with Gasteiger partial charge in [-0.2, -0.15) is 0 Å². The van der Waals surface area contributed by atoms with E-state index in [2.05, 4.69) is 17.1 Å². The summed E-state index contributed by atoms with van der Waals surface area (Å²) in [6, 6.07) is 11.0. The van der Waals surface area contributed by atoms with Crippen LogP contribution in [0.2, 0.25) is 5.15 Å². The maximum atomic E-state index is 12.7. The second-order valence-electron chi connectivity index (χ2n) is 6.46. The molecule has 1 aliphatic rings. The zero-order valence-electron chi connectivity index (χ0n) is 15.7. The molecule has 1 aliphatic heterocycles. The van der Waals surface area contributed by atoms with E-state index in [0.717, 1.165) is 17.0 Å². The Hall–Kier alpha value is -2.32.